The van der Waals surface area contributed by atoms with Crippen molar-refractivity contribution in [1.82, 2.24) is 30.1 Å². The van der Waals surface area contributed by atoms with E-state index >= 15 is 0 Å². The highest BCUT2D eigenvalue weighted by atomic mass is 35.5. The maximum absolute atomic E-state index is 12.7. The number of nitrogens with zero attached hydrogens (tertiary/aromatic N) is 5. The van der Waals surface area contributed by atoms with Gasteiger partial charge in [-0.25, -0.2) is 13.1 Å². The van der Waals surface area contributed by atoms with Crippen molar-refractivity contribution in [3.05, 3.63) is 51.1 Å². The smallest absolute Gasteiger partial charge is 0.246 e. The van der Waals surface area contributed by atoms with E-state index in [2.05, 4.69) is 25.3 Å². The molecule has 31 heavy (non-hydrogen) atoms. The molecule has 166 valence electrons. The van der Waals surface area contributed by atoms with Gasteiger partial charge in [-0.15, -0.1) is 10.2 Å². The van der Waals surface area contributed by atoms with Crippen molar-refractivity contribution in [2.75, 3.05) is 0 Å². The van der Waals surface area contributed by atoms with Crippen LogP contribution < -0.4 is 4.72 Å². The first kappa shape index (κ1) is 23.3. The molecule has 10 nitrogen and oxygen atoms in total. The summed E-state index contributed by atoms with van der Waals surface area (Å²) in [6.07, 6.45) is 0.473. The van der Waals surface area contributed by atoms with E-state index < -0.39 is 21.8 Å². The van der Waals surface area contributed by atoms with Crippen LogP contribution in [0.3, 0.4) is 0 Å². The number of aromatic nitrogens is 5. The predicted octanol–water partition coefficient (Wildman–Crippen LogP) is 2.50. The summed E-state index contributed by atoms with van der Waals surface area (Å²) in [7, 11) is -3.99. The molecule has 3 aromatic rings. The van der Waals surface area contributed by atoms with E-state index in [0.29, 0.717) is 21.4 Å². The first-order chi connectivity index (χ1) is 14.6. The highest BCUT2D eigenvalue weighted by Crippen LogP contribution is 2.25. The largest absolute Gasteiger partial charge is 0.360 e. The predicted molar refractivity (Wildman–Crippen MR) is 112 cm³/mol. The molecule has 13 heteroatoms. The van der Waals surface area contributed by atoms with Crippen molar-refractivity contribution >= 4 is 39.0 Å². The Balaban J connectivity index is 1.70. The number of tetrazole rings is 1. The van der Waals surface area contributed by atoms with Crippen LogP contribution in [0, 0.1) is 13.8 Å². The van der Waals surface area contributed by atoms with Gasteiger partial charge in [0.05, 0.1) is 6.04 Å². The van der Waals surface area contributed by atoms with Crippen LogP contribution in [0.1, 0.15) is 36.2 Å². The molecule has 0 saturated carbocycles. The van der Waals surface area contributed by atoms with Gasteiger partial charge in [0.15, 0.2) is 17.4 Å². The zero-order chi connectivity index (χ0) is 22.8. The molecule has 1 atom stereocenters. The molecule has 0 aliphatic rings. The molecule has 1 unspecified atom stereocenters. The molecule has 1 N–H and O–H groups in total. The number of sulfonamides is 1. The number of carbonyl (C=O) groups is 1. The van der Waals surface area contributed by atoms with Crippen LogP contribution in [-0.2, 0) is 27.8 Å². The van der Waals surface area contributed by atoms with Gasteiger partial charge < -0.3 is 4.52 Å². The second-order valence-corrected chi connectivity index (χ2v) is 9.28. The minimum Gasteiger partial charge on any atom is -0.360 e. The van der Waals surface area contributed by atoms with Crippen molar-refractivity contribution in [3.8, 4) is 0 Å². The molecule has 3 rings (SSSR count). The summed E-state index contributed by atoms with van der Waals surface area (Å²) < 4.78 is 32.7. The molecule has 0 amide bonds. The molecule has 2 aromatic heterocycles. The second kappa shape index (κ2) is 9.43. The summed E-state index contributed by atoms with van der Waals surface area (Å²) in [5.74, 6) is 0.0535. The van der Waals surface area contributed by atoms with Gasteiger partial charge >= 0.3 is 0 Å². The van der Waals surface area contributed by atoms with Gasteiger partial charge in [-0.3, -0.25) is 4.79 Å². The van der Waals surface area contributed by atoms with E-state index in [9.17, 15) is 13.2 Å². The third-order valence-corrected chi connectivity index (χ3v) is 6.94. The Kier molecular flexibility index (Phi) is 7.10. The lowest BCUT2D eigenvalue weighted by Crippen LogP contribution is -2.42. The Labute approximate surface area is 188 Å². The molecule has 0 radical (unpaired) electrons. The molecule has 1 aromatic carbocycles. The van der Waals surface area contributed by atoms with Gasteiger partial charge in [-0.2, -0.15) is 4.80 Å². The van der Waals surface area contributed by atoms with E-state index in [0.717, 1.165) is 4.80 Å². The average Bonchev–Trinajstić information content (AvgIpc) is 3.28. The van der Waals surface area contributed by atoms with Crippen LogP contribution in [0.2, 0.25) is 10.0 Å². The number of aryl methyl sites for hydroxylation is 2. The minimum atomic E-state index is -3.99. The molecule has 0 saturated heterocycles. The van der Waals surface area contributed by atoms with Crippen molar-refractivity contribution in [1.29, 1.82) is 0 Å². The van der Waals surface area contributed by atoms with Crippen LogP contribution in [0.15, 0.2) is 27.6 Å². The standard InChI is InChI=1S/C18H20Cl2N6O4S/c1-4-15(24-31(28,29)18-10(2)23-30-11(18)3)16(27)9-26-22-17(21-25-26)8-12-13(19)6-5-7-14(12)20/h5-7,15,24H,4,8-9H2,1-3H3. The summed E-state index contributed by atoms with van der Waals surface area (Å²) in [5.41, 5.74) is 0.864. The van der Waals surface area contributed by atoms with E-state index in [-0.39, 0.29) is 35.7 Å². The molecule has 0 aliphatic heterocycles. The van der Waals surface area contributed by atoms with E-state index in [4.69, 9.17) is 27.7 Å². The monoisotopic (exact) mass is 486 g/mol. The number of carbonyl (C=O) groups excluding carboxylic acids is 1. The third-order valence-electron chi connectivity index (χ3n) is 4.52. The third kappa shape index (κ3) is 5.29. The average molecular weight is 487 g/mol. The first-order valence-corrected chi connectivity index (χ1v) is 11.5. The molecule has 0 spiro atoms. The fourth-order valence-electron chi connectivity index (χ4n) is 3.00. The Hall–Kier alpha value is -2.34. The fourth-order valence-corrected chi connectivity index (χ4v) is 5.17. The summed E-state index contributed by atoms with van der Waals surface area (Å²) >= 11 is 12.3. The number of benzene rings is 1. The van der Waals surface area contributed by atoms with Crippen molar-refractivity contribution in [2.45, 2.75) is 51.1 Å². The lowest BCUT2D eigenvalue weighted by atomic mass is 10.1. The number of ketones is 1. The molecular weight excluding hydrogens is 467 g/mol. The second-order valence-electron chi connectivity index (χ2n) is 6.81. The van der Waals surface area contributed by atoms with Crippen molar-refractivity contribution < 1.29 is 17.7 Å². The number of hydrogen-bond acceptors (Lipinski definition) is 8. The zero-order valence-corrected chi connectivity index (χ0v) is 19.3. The van der Waals surface area contributed by atoms with Gasteiger partial charge in [-0.05, 0) is 43.2 Å². The normalized spacial score (nSPS) is 12.8. The van der Waals surface area contributed by atoms with Crippen LogP contribution in [0.5, 0.6) is 0 Å². The molecule has 2 heterocycles. The van der Waals surface area contributed by atoms with Crippen LogP contribution in [0.25, 0.3) is 0 Å². The van der Waals surface area contributed by atoms with Crippen LogP contribution in [-0.4, -0.2) is 45.6 Å². The summed E-state index contributed by atoms with van der Waals surface area (Å²) in [6, 6.07) is 4.15. The van der Waals surface area contributed by atoms with Crippen LogP contribution in [0.4, 0.5) is 0 Å². The van der Waals surface area contributed by atoms with Crippen LogP contribution >= 0.6 is 23.2 Å². The highest BCUT2D eigenvalue weighted by Gasteiger charge is 2.29. The van der Waals surface area contributed by atoms with Gasteiger partial charge in [-0.1, -0.05) is 41.3 Å². The van der Waals surface area contributed by atoms with E-state index in [1.54, 1.807) is 25.1 Å². The molecule has 0 aliphatic carbocycles. The number of halogens is 2. The molecular formula is C18H20Cl2N6O4S. The zero-order valence-electron chi connectivity index (χ0n) is 17.0. The Bertz CT molecular complexity index is 1170. The Morgan fingerprint density at radius 2 is 1.94 bits per heavy atom. The SMILES string of the molecule is CCC(NS(=O)(=O)c1c(C)noc1C)C(=O)Cn1nnc(Cc2c(Cl)cccc2Cl)n1. The fraction of sp³-hybridized carbons (Fsp3) is 0.389. The quantitative estimate of drug-likeness (QED) is 0.487. The number of rotatable bonds is 9. The molecule has 0 bridgehead atoms. The van der Waals surface area contributed by atoms with Gasteiger partial charge in [0.25, 0.3) is 0 Å². The number of hydrogen-bond donors (Lipinski definition) is 1. The van der Waals surface area contributed by atoms with Gasteiger partial charge in [0.1, 0.15) is 17.1 Å². The highest BCUT2D eigenvalue weighted by molar-refractivity contribution is 7.89. The Morgan fingerprint density at radius 1 is 1.26 bits per heavy atom. The summed E-state index contributed by atoms with van der Waals surface area (Å²) in [6.45, 7) is 4.44. The maximum Gasteiger partial charge on any atom is 0.246 e. The lowest BCUT2D eigenvalue weighted by Gasteiger charge is -2.15. The topological polar surface area (TPSA) is 133 Å². The Morgan fingerprint density at radius 3 is 2.52 bits per heavy atom. The van der Waals surface area contributed by atoms with E-state index in [1.165, 1.54) is 13.8 Å². The summed E-state index contributed by atoms with van der Waals surface area (Å²) in [5, 5.41) is 16.6. The maximum atomic E-state index is 12.7. The van der Waals surface area contributed by atoms with E-state index in [1.807, 2.05) is 0 Å². The van der Waals surface area contributed by atoms with Crippen molar-refractivity contribution in [2.24, 2.45) is 0 Å². The van der Waals surface area contributed by atoms with Gasteiger partial charge in [0.2, 0.25) is 10.0 Å². The first-order valence-electron chi connectivity index (χ1n) is 9.29. The summed E-state index contributed by atoms with van der Waals surface area (Å²) in [4.78, 5) is 13.7. The lowest BCUT2D eigenvalue weighted by molar-refractivity contribution is -0.121. The van der Waals surface area contributed by atoms with Gasteiger partial charge in [0, 0.05) is 16.5 Å². The number of Topliss-reactive ketones (excluding diaryl/α,β-unsaturated/α-hetero) is 1. The molecule has 0 fully saturated rings. The minimum absolute atomic E-state index is 0.0727. The van der Waals surface area contributed by atoms with Crippen molar-refractivity contribution in [3.63, 3.8) is 0 Å². The number of nitrogens with one attached hydrogen (secondary N) is 1.